The second-order valence-electron chi connectivity index (χ2n) is 12.3. The van der Waals surface area contributed by atoms with Crippen LogP contribution in [0.2, 0.25) is 0 Å². The first-order valence-corrected chi connectivity index (χ1v) is 13.6. The summed E-state index contributed by atoms with van der Waals surface area (Å²) in [4.78, 5) is 19.0. The Morgan fingerprint density at radius 1 is 1.18 bits per heavy atom. The molecule has 1 amide bonds. The number of hydrogen-bond acceptors (Lipinski definition) is 6. The summed E-state index contributed by atoms with van der Waals surface area (Å²) in [6, 6.07) is 5.28. The van der Waals surface area contributed by atoms with Crippen molar-refractivity contribution in [3.63, 3.8) is 0 Å². The minimum atomic E-state index is -0.544. The summed E-state index contributed by atoms with van der Waals surface area (Å²) in [5.74, 6) is 0.513. The Kier molecular flexibility index (Phi) is 7.94. The normalized spacial score (nSPS) is 19.0. The van der Waals surface area contributed by atoms with E-state index in [1.54, 1.807) is 22.1 Å². The average Bonchev–Trinajstić information content (AvgIpc) is 2.79. The van der Waals surface area contributed by atoms with Crippen LogP contribution in [-0.2, 0) is 11.2 Å². The maximum atomic E-state index is 15.4. The molecule has 0 saturated carbocycles. The summed E-state index contributed by atoms with van der Waals surface area (Å²) >= 11 is 6.45. The Hall–Kier alpha value is -2.87. The first-order valence-electron chi connectivity index (χ1n) is 13.2. The highest BCUT2D eigenvalue weighted by Gasteiger charge is 2.33. The van der Waals surface area contributed by atoms with Gasteiger partial charge in [-0.15, -0.1) is 0 Å². The van der Waals surface area contributed by atoms with Gasteiger partial charge in [0.15, 0.2) is 11.0 Å². The van der Waals surface area contributed by atoms with Crippen LogP contribution in [0.5, 0.6) is 0 Å². The number of amidine groups is 1. The standard InChI is InChI=1S/C29H39ClFN5O2/c1-18-17-32-26-22(33-28(2,3)4)16-24(30)34-36(26)23(18)15-20-9-8-10-21(31)25(20)19-11-13-35(14-12-19)27(37)38-29(5,6)7/h8-10,16,19,33H,11-15,17H2,1-7H3. The van der Waals surface area contributed by atoms with Gasteiger partial charge in [-0.1, -0.05) is 23.7 Å². The highest BCUT2D eigenvalue weighted by molar-refractivity contribution is 6.69. The highest BCUT2D eigenvalue weighted by atomic mass is 35.5. The SMILES string of the molecule is CC1=C(Cc2cccc(F)c2C2CCN(C(=O)OC(C)(C)C)CC2)N2N=C(Cl)C=C(NC(C)(C)C)C2=NC1. The first-order chi connectivity index (χ1) is 17.7. The predicted molar refractivity (Wildman–Crippen MR) is 151 cm³/mol. The van der Waals surface area contributed by atoms with E-state index >= 15 is 4.39 Å². The van der Waals surface area contributed by atoms with E-state index in [1.165, 1.54) is 6.07 Å². The number of hydrogen-bond donors (Lipinski definition) is 1. The van der Waals surface area contributed by atoms with Crippen LogP contribution >= 0.6 is 11.6 Å². The molecule has 0 aromatic heterocycles. The molecular formula is C29H39ClFN5O2. The van der Waals surface area contributed by atoms with Crippen molar-refractivity contribution in [1.29, 1.82) is 0 Å². The second kappa shape index (κ2) is 10.7. The summed E-state index contributed by atoms with van der Waals surface area (Å²) in [6.07, 6.45) is 3.34. The predicted octanol–water partition coefficient (Wildman–Crippen LogP) is 6.31. The molecule has 0 radical (unpaired) electrons. The Labute approximate surface area is 230 Å². The lowest BCUT2D eigenvalue weighted by molar-refractivity contribution is 0.0204. The number of likely N-dealkylation sites (tertiary alicyclic amines) is 1. The van der Waals surface area contributed by atoms with Crippen molar-refractivity contribution in [2.45, 2.75) is 84.8 Å². The molecule has 1 N–H and O–H groups in total. The van der Waals surface area contributed by atoms with Gasteiger partial charge in [0, 0.05) is 36.8 Å². The molecule has 0 bridgehead atoms. The van der Waals surface area contributed by atoms with Crippen LogP contribution in [0.25, 0.3) is 0 Å². The third-order valence-electron chi connectivity index (χ3n) is 6.68. The number of aliphatic imine (C=N–C) groups is 1. The molecule has 1 fully saturated rings. The van der Waals surface area contributed by atoms with Crippen LogP contribution < -0.4 is 5.32 Å². The van der Waals surface area contributed by atoms with E-state index in [1.807, 2.05) is 33.8 Å². The molecule has 3 aliphatic rings. The van der Waals surface area contributed by atoms with Gasteiger partial charge in [-0.25, -0.2) is 14.2 Å². The fourth-order valence-electron chi connectivity index (χ4n) is 5.05. The molecule has 0 aliphatic carbocycles. The minimum absolute atomic E-state index is 0.00831. The molecular weight excluding hydrogens is 505 g/mol. The number of carbonyl (C=O) groups excluding carboxylic acids is 1. The van der Waals surface area contributed by atoms with E-state index in [0.717, 1.165) is 28.1 Å². The van der Waals surface area contributed by atoms with Gasteiger partial charge in [-0.2, -0.15) is 5.10 Å². The average molecular weight is 544 g/mol. The van der Waals surface area contributed by atoms with Crippen LogP contribution in [-0.4, -0.2) is 57.8 Å². The zero-order valence-corrected chi connectivity index (χ0v) is 24.2. The van der Waals surface area contributed by atoms with Crippen LogP contribution in [0.1, 0.15) is 78.4 Å². The summed E-state index contributed by atoms with van der Waals surface area (Å²) < 4.78 is 20.9. The maximum absolute atomic E-state index is 15.4. The number of halogens is 2. The second-order valence-corrected chi connectivity index (χ2v) is 12.7. The number of fused-ring (bicyclic) bond motifs is 1. The number of benzene rings is 1. The topological polar surface area (TPSA) is 69.5 Å². The van der Waals surface area contributed by atoms with E-state index in [2.05, 4.69) is 31.2 Å². The lowest BCUT2D eigenvalue weighted by Gasteiger charge is -2.36. The minimum Gasteiger partial charge on any atom is -0.444 e. The maximum Gasteiger partial charge on any atom is 0.410 e. The van der Waals surface area contributed by atoms with Crippen molar-refractivity contribution in [3.8, 4) is 0 Å². The Morgan fingerprint density at radius 2 is 1.87 bits per heavy atom. The quantitative estimate of drug-likeness (QED) is 0.483. The Balaban J connectivity index is 1.56. The van der Waals surface area contributed by atoms with E-state index in [4.69, 9.17) is 21.3 Å². The van der Waals surface area contributed by atoms with Crippen molar-refractivity contribution in [1.82, 2.24) is 15.2 Å². The van der Waals surface area contributed by atoms with Gasteiger partial charge in [0.1, 0.15) is 11.4 Å². The number of hydrazone groups is 1. The van der Waals surface area contributed by atoms with Crippen molar-refractivity contribution >= 4 is 28.7 Å². The molecule has 0 unspecified atom stereocenters. The summed E-state index contributed by atoms with van der Waals surface area (Å²) in [5, 5.41) is 10.2. The number of rotatable bonds is 4. The molecule has 0 spiro atoms. The van der Waals surface area contributed by atoms with E-state index in [9.17, 15) is 4.79 Å². The van der Waals surface area contributed by atoms with Crippen molar-refractivity contribution < 1.29 is 13.9 Å². The van der Waals surface area contributed by atoms with Gasteiger partial charge < -0.3 is 15.0 Å². The number of amides is 1. The molecule has 7 nitrogen and oxygen atoms in total. The van der Waals surface area contributed by atoms with Crippen molar-refractivity contribution in [3.05, 3.63) is 58.2 Å². The van der Waals surface area contributed by atoms with Gasteiger partial charge in [0.2, 0.25) is 0 Å². The smallest absolute Gasteiger partial charge is 0.410 e. The Morgan fingerprint density at radius 3 is 2.50 bits per heavy atom. The number of piperidine rings is 1. The molecule has 1 aromatic carbocycles. The fourth-order valence-corrected chi connectivity index (χ4v) is 5.23. The van der Waals surface area contributed by atoms with Gasteiger partial charge in [0.25, 0.3) is 0 Å². The summed E-state index contributed by atoms with van der Waals surface area (Å²) in [7, 11) is 0. The third kappa shape index (κ3) is 6.57. The summed E-state index contributed by atoms with van der Waals surface area (Å²) in [6.45, 7) is 15.5. The van der Waals surface area contributed by atoms with E-state index in [-0.39, 0.29) is 23.4 Å². The zero-order valence-electron chi connectivity index (χ0n) is 23.5. The monoisotopic (exact) mass is 543 g/mol. The number of nitrogens with one attached hydrogen (secondary N) is 1. The number of ether oxygens (including phenoxy) is 1. The van der Waals surface area contributed by atoms with Gasteiger partial charge in [-0.05, 0) is 90.0 Å². The van der Waals surface area contributed by atoms with Gasteiger partial charge in [-0.3, -0.25) is 4.99 Å². The Bertz CT molecular complexity index is 1210. The molecule has 206 valence electrons. The molecule has 3 aliphatic heterocycles. The van der Waals surface area contributed by atoms with Crippen molar-refractivity contribution in [2.24, 2.45) is 10.1 Å². The molecule has 4 rings (SSSR count). The molecule has 1 saturated heterocycles. The largest absolute Gasteiger partial charge is 0.444 e. The lowest BCUT2D eigenvalue weighted by atomic mass is 9.84. The first kappa shape index (κ1) is 28.1. The van der Waals surface area contributed by atoms with Crippen LogP contribution in [0.15, 0.2) is 51.3 Å². The number of carbonyl (C=O) groups is 1. The van der Waals surface area contributed by atoms with Crippen LogP contribution in [0.3, 0.4) is 0 Å². The molecule has 3 heterocycles. The lowest BCUT2D eigenvalue weighted by Crippen LogP contribution is -2.45. The molecule has 38 heavy (non-hydrogen) atoms. The van der Waals surface area contributed by atoms with Crippen LogP contribution in [0, 0.1) is 5.82 Å². The zero-order chi connectivity index (χ0) is 27.8. The molecule has 9 heteroatoms. The number of allylic oxidation sites excluding steroid dienone is 2. The number of nitrogens with zero attached hydrogens (tertiary/aromatic N) is 4. The van der Waals surface area contributed by atoms with Crippen molar-refractivity contribution in [2.75, 3.05) is 19.6 Å². The van der Waals surface area contributed by atoms with Gasteiger partial charge >= 0.3 is 6.09 Å². The highest BCUT2D eigenvalue weighted by Crippen LogP contribution is 2.36. The molecule has 1 aromatic rings. The van der Waals surface area contributed by atoms with E-state index in [0.29, 0.717) is 49.9 Å². The molecule has 0 atom stereocenters. The van der Waals surface area contributed by atoms with Crippen LogP contribution in [0.4, 0.5) is 9.18 Å². The fraction of sp³-hybridized carbons (Fsp3) is 0.552. The third-order valence-corrected chi connectivity index (χ3v) is 6.87. The summed E-state index contributed by atoms with van der Waals surface area (Å²) in [5.41, 5.74) is 3.74. The van der Waals surface area contributed by atoms with E-state index < -0.39 is 5.60 Å². The van der Waals surface area contributed by atoms with Gasteiger partial charge in [0.05, 0.1) is 12.2 Å².